The van der Waals surface area contributed by atoms with Crippen molar-refractivity contribution in [3.8, 4) is 0 Å². The van der Waals surface area contributed by atoms with Crippen molar-refractivity contribution in [2.75, 3.05) is 19.8 Å². The molecule has 1 rings (SSSR count). The molecule has 0 aliphatic carbocycles. The zero-order valence-corrected chi connectivity index (χ0v) is 11.3. The third-order valence-electron chi connectivity index (χ3n) is 2.68. The molecule has 4 nitrogen and oxygen atoms in total. The summed E-state index contributed by atoms with van der Waals surface area (Å²) in [6, 6.07) is 2.55. The zero-order chi connectivity index (χ0) is 12.5. The molecule has 0 bridgehead atoms. The Labute approximate surface area is 104 Å². The average molecular weight is 239 g/mol. The number of aryl methyl sites for hydroxylation is 1. The van der Waals surface area contributed by atoms with E-state index in [0.717, 1.165) is 44.7 Å². The molecule has 4 heteroatoms. The van der Waals surface area contributed by atoms with E-state index in [2.05, 4.69) is 30.3 Å². The van der Waals surface area contributed by atoms with Gasteiger partial charge >= 0.3 is 0 Å². The first-order chi connectivity index (χ1) is 8.26. The minimum absolute atomic E-state index is 0.465. The fourth-order valence-electron chi connectivity index (χ4n) is 1.86. The average Bonchev–Trinajstić information content (AvgIpc) is 2.70. The van der Waals surface area contributed by atoms with Crippen LogP contribution < -0.4 is 5.32 Å². The van der Waals surface area contributed by atoms with Gasteiger partial charge in [0.1, 0.15) is 0 Å². The first-order valence-corrected chi connectivity index (χ1v) is 6.55. The fourth-order valence-corrected chi connectivity index (χ4v) is 1.86. The van der Waals surface area contributed by atoms with Gasteiger partial charge in [0.05, 0.1) is 5.69 Å². The van der Waals surface area contributed by atoms with Crippen molar-refractivity contribution in [2.45, 2.75) is 39.2 Å². The Bertz CT molecular complexity index is 299. The quantitative estimate of drug-likeness (QED) is 0.667. The molecule has 0 spiro atoms. The van der Waals surface area contributed by atoms with Gasteiger partial charge in [-0.3, -0.25) is 4.68 Å². The number of hydrogen-bond acceptors (Lipinski definition) is 3. The van der Waals surface area contributed by atoms with Crippen LogP contribution in [0.5, 0.6) is 0 Å². The van der Waals surface area contributed by atoms with E-state index in [1.54, 1.807) is 0 Å². The molecule has 0 saturated carbocycles. The molecule has 1 unspecified atom stereocenters. The predicted molar refractivity (Wildman–Crippen MR) is 70.1 cm³/mol. The largest absolute Gasteiger partial charge is 0.381 e. The lowest BCUT2D eigenvalue weighted by atomic mass is 10.1. The maximum atomic E-state index is 5.54. The molecule has 0 aliphatic rings. The van der Waals surface area contributed by atoms with Crippen molar-refractivity contribution in [2.24, 2.45) is 7.05 Å². The lowest BCUT2D eigenvalue weighted by Crippen LogP contribution is -2.32. The molecule has 1 heterocycles. The Balaban J connectivity index is 2.32. The third-order valence-corrected chi connectivity index (χ3v) is 2.68. The van der Waals surface area contributed by atoms with E-state index in [0.29, 0.717) is 6.04 Å². The highest BCUT2D eigenvalue weighted by molar-refractivity contribution is 5.01. The first-order valence-electron chi connectivity index (χ1n) is 6.55. The van der Waals surface area contributed by atoms with E-state index in [1.807, 2.05) is 17.9 Å². The summed E-state index contributed by atoms with van der Waals surface area (Å²) in [7, 11) is 1.95. The second kappa shape index (κ2) is 8.25. The van der Waals surface area contributed by atoms with Gasteiger partial charge in [0.25, 0.3) is 0 Å². The molecule has 1 aromatic rings. The molecule has 1 atom stereocenters. The van der Waals surface area contributed by atoms with Gasteiger partial charge < -0.3 is 10.1 Å². The van der Waals surface area contributed by atoms with Gasteiger partial charge in [-0.1, -0.05) is 13.8 Å². The number of rotatable bonds is 9. The third kappa shape index (κ3) is 5.84. The molecule has 0 aliphatic heterocycles. The maximum absolute atomic E-state index is 5.54. The molecule has 17 heavy (non-hydrogen) atoms. The van der Waals surface area contributed by atoms with Gasteiger partial charge in [0.15, 0.2) is 0 Å². The van der Waals surface area contributed by atoms with Gasteiger partial charge in [-0.15, -0.1) is 0 Å². The number of hydrogen-bond donors (Lipinski definition) is 1. The summed E-state index contributed by atoms with van der Waals surface area (Å²) in [4.78, 5) is 0. The summed E-state index contributed by atoms with van der Waals surface area (Å²) in [5.41, 5.74) is 1.15. The number of ether oxygens (including phenoxy) is 1. The summed E-state index contributed by atoms with van der Waals surface area (Å²) >= 11 is 0. The Morgan fingerprint density at radius 2 is 2.24 bits per heavy atom. The van der Waals surface area contributed by atoms with Crippen LogP contribution in [-0.2, 0) is 18.2 Å². The van der Waals surface area contributed by atoms with E-state index in [1.165, 1.54) is 0 Å². The molecule has 0 radical (unpaired) electrons. The maximum Gasteiger partial charge on any atom is 0.0640 e. The van der Waals surface area contributed by atoms with Crippen LogP contribution in [-0.4, -0.2) is 35.6 Å². The summed E-state index contributed by atoms with van der Waals surface area (Å²) in [6.07, 6.45) is 5.10. The van der Waals surface area contributed by atoms with E-state index >= 15 is 0 Å². The lowest BCUT2D eigenvalue weighted by Gasteiger charge is -2.16. The highest BCUT2D eigenvalue weighted by atomic mass is 16.5. The van der Waals surface area contributed by atoms with Crippen molar-refractivity contribution in [1.82, 2.24) is 15.1 Å². The number of likely N-dealkylation sites (N-methyl/N-ethyl adjacent to an activating group) is 1. The van der Waals surface area contributed by atoms with Gasteiger partial charge in [-0.2, -0.15) is 5.10 Å². The van der Waals surface area contributed by atoms with Crippen LogP contribution in [0.2, 0.25) is 0 Å². The van der Waals surface area contributed by atoms with Crippen LogP contribution in [0.15, 0.2) is 12.3 Å². The van der Waals surface area contributed by atoms with Crippen molar-refractivity contribution in [3.05, 3.63) is 18.0 Å². The summed E-state index contributed by atoms with van der Waals surface area (Å²) in [5, 5.41) is 7.90. The SMILES string of the molecule is CCCOCCC(Cc1ccn(C)n1)NCC. The molecule has 98 valence electrons. The monoisotopic (exact) mass is 239 g/mol. The minimum atomic E-state index is 0.465. The predicted octanol–water partition coefficient (Wildman–Crippen LogP) is 1.76. The van der Waals surface area contributed by atoms with Crippen molar-refractivity contribution in [3.63, 3.8) is 0 Å². The Hall–Kier alpha value is -0.870. The second-order valence-corrected chi connectivity index (χ2v) is 4.34. The van der Waals surface area contributed by atoms with Gasteiger partial charge in [0.2, 0.25) is 0 Å². The van der Waals surface area contributed by atoms with Crippen LogP contribution in [0.1, 0.15) is 32.4 Å². The number of nitrogens with one attached hydrogen (secondary N) is 1. The van der Waals surface area contributed by atoms with Crippen LogP contribution in [0.3, 0.4) is 0 Å². The van der Waals surface area contributed by atoms with Gasteiger partial charge in [-0.25, -0.2) is 0 Å². The van der Waals surface area contributed by atoms with E-state index < -0.39 is 0 Å². The van der Waals surface area contributed by atoms with E-state index in [-0.39, 0.29) is 0 Å². The fraction of sp³-hybridized carbons (Fsp3) is 0.769. The van der Waals surface area contributed by atoms with Crippen molar-refractivity contribution in [1.29, 1.82) is 0 Å². The molecular formula is C13H25N3O. The van der Waals surface area contributed by atoms with Crippen LogP contribution >= 0.6 is 0 Å². The zero-order valence-electron chi connectivity index (χ0n) is 11.3. The second-order valence-electron chi connectivity index (χ2n) is 4.34. The number of nitrogens with zero attached hydrogens (tertiary/aromatic N) is 2. The van der Waals surface area contributed by atoms with E-state index in [4.69, 9.17) is 4.74 Å². The molecular weight excluding hydrogens is 214 g/mol. The topological polar surface area (TPSA) is 39.1 Å². The van der Waals surface area contributed by atoms with Crippen LogP contribution in [0.25, 0.3) is 0 Å². The van der Waals surface area contributed by atoms with Gasteiger partial charge in [-0.05, 0) is 25.5 Å². The standard InChI is InChI=1S/C13H25N3O/c1-4-9-17-10-7-12(14-5-2)11-13-6-8-16(3)15-13/h6,8,12,14H,4-5,7,9-11H2,1-3H3. The Morgan fingerprint density at radius 1 is 1.41 bits per heavy atom. The molecule has 1 aromatic heterocycles. The van der Waals surface area contributed by atoms with Crippen molar-refractivity contribution < 1.29 is 4.74 Å². The lowest BCUT2D eigenvalue weighted by molar-refractivity contribution is 0.124. The highest BCUT2D eigenvalue weighted by Crippen LogP contribution is 2.04. The molecule has 0 aromatic carbocycles. The Morgan fingerprint density at radius 3 is 2.82 bits per heavy atom. The van der Waals surface area contributed by atoms with E-state index in [9.17, 15) is 0 Å². The van der Waals surface area contributed by atoms with Crippen LogP contribution in [0, 0.1) is 0 Å². The highest BCUT2D eigenvalue weighted by Gasteiger charge is 2.09. The number of aromatic nitrogens is 2. The summed E-state index contributed by atoms with van der Waals surface area (Å²) in [6.45, 7) is 6.96. The van der Waals surface area contributed by atoms with Crippen LogP contribution in [0.4, 0.5) is 0 Å². The molecule has 0 fully saturated rings. The molecule has 0 amide bonds. The Kier molecular flexibility index (Phi) is 6.89. The minimum Gasteiger partial charge on any atom is -0.381 e. The normalized spacial score (nSPS) is 12.9. The smallest absolute Gasteiger partial charge is 0.0640 e. The first kappa shape index (κ1) is 14.2. The molecule has 1 N–H and O–H groups in total. The summed E-state index contributed by atoms with van der Waals surface area (Å²) < 4.78 is 7.39. The summed E-state index contributed by atoms with van der Waals surface area (Å²) in [5.74, 6) is 0. The molecule has 0 saturated heterocycles. The van der Waals surface area contributed by atoms with Crippen molar-refractivity contribution >= 4 is 0 Å². The van der Waals surface area contributed by atoms with Gasteiger partial charge in [0, 0.05) is 38.9 Å².